The SMILES string of the molecule is CCOCc1cccc(NC(=O)NCC(O)c2ccccc2C)c1. The van der Waals surface area contributed by atoms with Crippen molar-refractivity contribution in [2.45, 2.75) is 26.6 Å². The molecule has 0 aromatic heterocycles. The van der Waals surface area contributed by atoms with Gasteiger partial charge < -0.3 is 20.5 Å². The van der Waals surface area contributed by atoms with Gasteiger partial charge in [0.15, 0.2) is 0 Å². The van der Waals surface area contributed by atoms with Crippen LogP contribution in [0, 0.1) is 6.92 Å². The summed E-state index contributed by atoms with van der Waals surface area (Å²) in [6.45, 7) is 5.18. The zero-order chi connectivity index (χ0) is 17.4. The lowest BCUT2D eigenvalue weighted by molar-refractivity contribution is 0.134. The number of ether oxygens (including phenoxy) is 1. The molecule has 2 amide bonds. The minimum absolute atomic E-state index is 0.148. The van der Waals surface area contributed by atoms with Crippen LogP contribution in [0.25, 0.3) is 0 Å². The van der Waals surface area contributed by atoms with E-state index in [0.717, 1.165) is 16.7 Å². The molecule has 0 heterocycles. The third kappa shape index (κ3) is 5.37. The fourth-order valence-corrected chi connectivity index (χ4v) is 2.39. The summed E-state index contributed by atoms with van der Waals surface area (Å²) in [7, 11) is 0. The molecule has 0 saturated carbocycles. The van der Waals surface area contributed by atoms with Crippen molar-refractivity contribution in [3.63, 3.8) is 0 Å². The molecular formula is C19H24N2O3. The normalized spacial score (nSPS) is 11.8. The minimum Gasteiger partial charge on any atom is -0.387 e. The Labute approximate surface area is 142 Å². The molecule has 0 aliphatic heterocycles. The first-order valence-corrected chi connectivity index (χ1v) is 8.05. The molecule has 5 heteroatoms. The predicted molar refractivity (Wildman–Crippen MR) is 94.9 cm³/mol. The summed E-state index contributed by atoms with van der Waals surface area (Å²) in [6, 6.07) is 14.7. The van der Waals surface area contributed by atoms with Crippen LogP contribution < -0.4 is 10.6 Å². The number of carbonyl (C=O) groups is 1. The molecule has 0 radical (unpaired) electrons. The molecule has 24 heavy (non-hydrogen) atoms. The summed E-state index contributed by atoms with van der Waals surface area (Å²) in [6.07, 6.45) is -0.735. The monoisotopic (exact) mass is 328 g/mol. The number of urea groups is 1. The first kappa shape index (κ1) is 18.0. The van der Waals surface area contributed by atoms with E-state index in [1.807, 2.05) is 62.4 Å². The molecule has 128 valence electrons. The number of aryl methyl sites for hydroxylation is 1. The Morgan fingerprint density at radius 1 is 1.21 bits per heavy atom. The van der Waals surface area contributed by atoms with E-state index < -0.39 is 6.10 Å². The molecule has 1 unspecified atom stereocenters. The third-order valence-electron chi connectivity index (χ3n) is 3.66. The van der Waals surface area contributed by atoms with Crippen LogP contribution in [0.5, 0.6) is 0 Å². The van der Waals surface area contributed by atoms with E-state index in [9.17, 15) is 9.90 Å². The molecule has 0 aliphatic rings. The zero-order valence-corrected chi connectivity index (χ0v) is 14.1. The van der Waals surface area contributed by atoms with Crippen LogP contribution >= 0.6 is 0 Å². The molecule has 0 aliphatic carbocycles. The standard InChI is InChI=1S/C19H24N2O3/c1-3-24-13-15-8-6-9-16(11-15)21-19(23)20-12-18(22)17-10-5-4-7-14(17)2/h4-11,18,22H,3,12-13H2,1-2H3,(H2,20,21,23). The van der Waals surface area contributed by atoms with Crippen LogP contribution in [-0.4, -0.2) is 24.3 Å². The van der Waals surface area contributed by atoms with Crippen LogP contribution in [0.2, 0.25) is 0 Å². The molecule has 0 saturated heterocycles. The molecule has 1 atom stereocenters. The van der Waals surface area contributed by atoms with Crippen LogP contribution in [0.15, 0.2) is 48.5 Å². The third-order valence-corrected chi connectivity index (χ3v) is 3.66. The predicted octanol–water partition coefficient (Wildman–Crippen LogP) is 3.39. The van der Waals surface area contributed by atoms with Crippen molar-refractivity contribution in [3.8, 4) is 0 Å². The van der Waals surface area contributed by atoms with Crippen molar-refractivity contribution >= 4 is 11.7 Å². The van der Waals surface area contributed by atoms with Gasteiger partial charge in [-0.3, -0.25) is 0 Å². The first-order chi connectivity index (χ1) is 11.6. The number of carbonyl (C=O) groups excluding carboxylic acids is 1. The van der Waals surface area contributed by atoms with E-state index in [1.54, 1.807) is 0 Å². The lowest BCUT2D eigenvalue weighted by Crippen LogP contribution is -2.32. The van der Waals surface area contributed by atoms with Crippen LogP contribution in [0.1, 0.15) is 29.7 Å². The maximum Gasteiger partial charge on any atom is 0.319 e. The number of aliphatic hydroxyl groups excluding tert-OH is 1. The molecule has 2 rings (SSSR count). The van der Waals surface area contributed by atoms with E-state index >= 15 is 0 Å². The number of benzene rings is 2. The van der Waals surface area contributed by atoms with E-state index in [2.05, 4.69) is 10.6 Å². The lowest BCUT2D eigenvalue weighted by atomic mass is 10.0. The maximum atomic E-state index is 12.0. The highest BCUT2D eigenvalue weighted by molar-refractivity contribution is 5.89. The van der Waals surface area contributed by atoms with Crippen LogP contribution in [0.4, 0.5) is 10.5 Å². The highest BCUT2D eigenvalue weighted by atomic mass is 16.5. The Kier molecular flexibility index (Phi) is 6.78. The highest BCUT2D eigenvalue weighted by Gasteiger charge is 2.11. The Morgan fingerprint density at radius 3 is 2.75 bits per heavy atom. The van der Waals surface area contributed by atoms with Gasteiger partial charge in [0, 0.05) is 18.8 Å². The number of nitrogens with one attached hydrogen (secondary N) is 2. The molecule has 3 N–H and O–H groups in total. The number of amides is 2. The van der Waals surface area contributed by atoms with Gasteiger partial charge in [-0.1, -0.05) is 36.4 Å². The average Bonchev–Trinajstić information content (AvgIpc) is 2.58. The molecular weight excluding hydrogens is 304 g/mol. The second-order valence-electron chi connectivity index (χ2n) is 5.54. The topological polar surface area (TPSA) is 70.6 Å². The summed E-state index contributed by atoms with van der Waals surface area (Å²) < 4.78 is 5.36. The lowest BCUT2D eigenvalue weighted by Gasteiger charge is -2.15. The molecule has 2 aromatic rings. The molecule has 0 bridgehead atoms. The Hall–Kier alpha value is -2.37. The van der Waals surface area contributed by atoms with Crippen LogP contribution in [0.3, 0.4) is 0 Å². The van der Waals surface area contributed by atoms with Crippen molar-refractivity contribution in [2.75, 3.05) is 18.5 Å². The minimum atomic E-state index is -0.735. The second kappa shape index (κ2) is 9.05. The van der Waals surface area contributed by atoms with Gasteiger partial charge in [0.1, 0.15) is 0 Å². The Morgan fingerprint density at radius 2 is 2.00 bits per heavy atom. The summed E-state index contributed by atoms with van der Waals surface area (Å²) in [5, 5.41) is 15.6. The summed E-state index contributed by atoms with van der Waals surface area (Å²) in [5.41, 5.74) is 3.50. The van der Waals surface area contributed by atoms with Crippen molar-refractivity contribution < 1.29 is 14.6 Å². The van der Waals surface area contributed by atoms with Crippen molar-refractivity contribution in [3.05, 3.63) is 65.2 Å². The Balaban J connectivity index is 1.86. The van der Waals surface area contributed by atoms with Gasteiger partial charge in [0.2, 0.25) is 0 Å². The van der Waals surface area contributed by atoms with E-state index in [4.69, 9.17) is 4.74 Å². The second-order valence-corrected chi connectivity index (χ2v) is 5.54. The highest BCUT2D eigenvalue weighted by Crippen LogP contribution is 2.16. The number of rotatable bonds is 7. The largest absolute Gasteiger partial charge is 0.387 e. The van der Waals surface area contributed by atoms with Crippen molar-refractivity contribution in [1.29, 1.82) is 0 Å². The smallest absolute Gasteiger partial charge is 0.319 e. The van der Waals surface area contributed by atoms with Gasteiger partial charge in [-0.05, 0) is 42.7 Å². The number of aliphatic hydroxyl groups is 1. The van der Waals surface area contributed by atoms with Crippen molar-refractivity contribution in [1.82, 2.24) is 5.32 Å². The summed E-state index contributed by atoms with van der Waals surface area (Å²) in [5.74, 6) is 0. The molecule has 0 spiro atoms. The number of hydrogen-bond donors (Lipinski definition) is 3. The van der Waals surface area contributed by atoms with Gasteiger partial charge in [0.25, 0.3) is 0 Å². The van der Waals surface area contributed by atoms with Gasteiger partial charge >= 0.3 is 6.03 Å². The van der Waals surface area contributed by atoms with E-state index in [-0.39, 0.29) is 12.6 Å². The Bertz CT molecular complexity index is 673. The number of hydrogen-bond acceptors (Lipinski definition) is 3. The fraction of sp³-hybridized carbons (Fsp3) is 0.316. The zero-order valence-electron chi connectivity index (χ0n) is 14.1. The van der Waals surface area contributed by atoms with Crippen LogP contribution in [-0.2, 0) is 11.3 Å². The van der Waals surface area contributed by atoms with Crippen molar-refractivity contribution in [2.24, 2.45) is 0 Å². The van der Waals surface area contributed by atoms with Gasteiger partial charge in [-0.25, -0.2) is 4.79 Å². The summed E-state index contributed by atoms with van der Waals surface area (Å²) >= 11 is 0. The molecule has 0 fully saturated rings. The number of anilines is 1. The fourth-order valence-electron chi connectivity index (χ4n) is 2.39. The van der Waals surface area contributed by atoms with Gasteiger partial charge in [0.05, 0.1) is 12.7 Å². The van der Waals surface area contributed by atoms with Gasteiger partial charge in [-0.2, -0.15) is 0 Å². The maximum absolute atomic E-state index is 12.0. The average molecular weight is 328 g/mol. The van der Waals surface area contributed by atoms with E-state index in [1.165, 1.54) is 0 Å². The van der Waals surface area contributed by atoms with E-state index in [0.29, 0.717) is 18.9 Å². The summed E-state index contributed by atoms with van der Waals surface area (Å²) in [4.78, 5) is 12.0. The first-order valence-electron chi connectivity index (χ1n) is 8.05. The molecule has 5 nitrogen and oxygen atoms in total. The quantitative estimate of drug-likeness (QED) is 0.729. The molecule has 2 aromatic carbocycles. The van der Waals surface area contributed by atoms with Gasteiger partial charge in [-0.15, -0.1) is 0 Å².